The van der Waals surface area contributed by atoms with Crippen LogP contribution in [0.2, 0.25) is 5.02 Å². The highest BCUT2D eigenvalue weighted by Crippen LogP contribution is 2.39. The average Bonchev–Trinajstić information content (AvgIpc) is 3.30. The van der Waals surface area contributed by atoms with Gasteiger partial charge in [0, 0.05) is 28.3 Å². The zero-order valence-corrected chi connectivity index (χ0v) is 22.2. The van der Waals surface area contributed by atoms with E-state index in [0.29, 0.717) is 27.4 Å². The van der Waals surface area contributed by atoms with E-state index in [-0.39, 0.29) is 30.7 Å². The summed E-state index contributed by atoms with van der Waals surface area (Å²) in [5.74, 6) is -2.36. The molecule has 1 aromatic heterocycles. The molecule has 5 rings (SSSR count). The number of rotatable bonds is 8. The molecule has 3 aromatic carbocycles. The van der Waals surface area contributed by atoms with Crippen molar-refractivity contribution in [2.24, 2.45) is 5.92 Å². The summed E-state index contributed by atoms with van der Waals surface area (Å²) < 4.78 is 56.1. The molecule has 9 heteroatoms. The van der Waals surface area contributed by atoms with Crippen LogP contribution < -0.4 is 0 Å². The fourth-order valence-corrected chi connectivity index (χ4v) is 5.49. The van der Waals surface area contributed by atoms with Gasteiger partial charge in [0.1, 0.15) is 11.6 Å². The second-order valence-corrected chi connectivity index (χ2v) is 10.3. The van der Waals surface area contributed by atoms with Gasteiger partial charge >= 0.3 is 5.97 Å². The van der Waals surface area contributed by atoms with E-state index in [1.165, 1.54) is 25.3 Å². The van der Waals surface area contributed by atoms with Crippen molar-refractivity contribution in [2.45, 2.75) is 44.8 Å². The average molecular weight is 557 g/mol. The number of benzene rings is 3. The predicted octanol–water partition coefficient (Wildman–Crippen LogP) is 7.90. The number of fused-ring (bicyclic) bond motifs is 1. The van der Waals surface area contributed by atoms with Gasteiger partial charge in [-0.05, 0) is 55.2 Å². The molecule has 0 radical (unpaired) electrons. The van der Waals surface area contributed by atoms with Gasteiger partial charge in [0.15, 0.2) is 11.6 Å². The van der Waals surface area contributed by atoms with Crippen molar-refractivity contribution in [3.63, 3.8) is 0 Å². The second kappa shape index (κ2) is 11.8. The Hall–Kier alpha value is -3.36. The normalized spacial score (nSPS) is 15.0. The third-order valence-corrected chi connectivity index (χ3v) is 7.63. The first-order valence-corrected chi connectivity index (χ1v) is 13.3. The molecule has 1 unspecified atom stereocenters. The molecule has 0 saturated heterocycles. The summed E-state index contributed by atoms with van der Waals surface area (Å²) in [7, 11) is 1.24. The monoisotopic (exact) mass is 556 g/mol. The third-order valence-electron chi connectivity index (χ3n) is 7.38. The highest BCUT2D eigenvalue weighted by molar-refractivity contribution is 6.30. The van der Waals surface area contributed by atoms with Crippen LogP contribution in [0.4, 0.5) is 13.2 Å². The van der Waals surface area contributed by atoms with Gasteiger partial charge in [0.05, 0.1) is 43.0 Å². The number of hydrogen-bond donors (Lipinski definition) is 0. The third kappa shape index (κ3) is 5.82. The fraction of sp³-hybridized carbons (Fsp3) is 0.333. The molecule has 1 heterocycles. The van der Waals surface area contributed by atoms with Crippen molar-refractivity contribution in [1.82, 2.24) is 9.55 Å². The molecule has 204 valence electrons. The van der Waals surface area contributed by atoms with E-state index in [1.807, 2.05) is 16.7 Å². The van der Waals surface area contributed by atoms with E-state index < -0.39 is 23.4 Å². The van der Waals surface area contributed by atoms with Crippen molar-refractivity contribution in [3.05, 3.63) is 88.2 Å². The molecule has 0 N–H and O–H groups in total. The number of carbonyl (C=O) groups excluding carboxylic acids is 1. The largest absolute Gasteiger partial charge is 0.465 e. The molecule has 0 bridgehead atoms. The number of halogens is 4. The van der Waals surface area contributed by atoms with Gasteiger partial charge in [-0.1, -0.05) is 36.9 Å². The molecule has 1 aliphatic carbocycles. The second-order valence-electron chi connectivity index (χ2n) is 9.85. The summed E-state index contributed by atoms with van der Waals surface area (Å²) in [6.07, 6.45) is 5.13. The maximum Gasteiger partial charge on any atom is 0.337 e. The molecule has 0 spiro atoms. The number of hydrogen-bond acceptors (Lipinski definition) is 4. The van der Waals surface area contributed by atoms with E-state index in [0.717, 1.165) is 49.8 Å². The Balaban J connectivity index is 1.52. The summed E-state index contributed by atoms with van der Waals surface area (Å²) in [6.45, 7) is 0.177. The summed E-state index contributed by atoms with van der Waals surface area (Å²) in [5, 5.41) is 0.561. The minimum Gasteiger partial charge on any atom is -0.465 e. The van der Waals surface area contributed by atoms with E-state index in [9.17, 15) is 18.0 Å². The number of carbonyl (C=O) groups is 1. The van der Waals surface area contributed by atoms with Crippen molar-refractivity contribution in [3.8, 4) is 11.4 Å². The van der Waals surface area contributed by atoms with E-state index in [4.69, 9.17) is 21.3 Å². The fourth-order valence-electron chi connectivity index (χ4n) is 5.37. The lowest BCUT2D eigenvalue weighted by atomic mass is 9.83. The molecule has 1 fully saturated rings. The summed E-state index contributed by atoms with van der Waals surface area (Å²) in [6, 6.07) is 13.3. The minimum atomic E-state index is -0.967. The topological polar surface area (TPSA) is 53.4 Å². The van der Waals surface area contributed by atoms with Gasteiger partial charge in [-0.15, -0.1) is 0 Å². The van der Waals surface area contributed by atoms with Crippen LogP contribution in [0.5, 0.6) is 0 Å². The maximum absolute atomic E-state index is 14.7. The Morgan fingerprint density at radius 2 is 1.72 bits per heavy atom. The zero-order chi connectivity index (χ0) is 27.5. The molecular weight excluding hydrogens is 529 g/mol. The first-order chi connectivity index (χ1) is 18.9. The summed E-state index contributed by atoms with van der Waals surface area (Å²) >= 11 is 6.12. The highest BCUT2D eigenvalue weighted by atomic mass is 35.5. The number of aromatic nitrogens is 2. The molecule has 4 aromatic rings. The summed E-state index contributed by atoms with van der Waals surface area (Å²) in [5.41, 5.74) is 1.97. The van der Waals surface area contributed by atoms with Crippen molar-refractivity contribution < 1.29 is 27.4 Å². The van der Waals surface area contributed by atoms with Crippen molar-refractivity contribution in [2.75, 3.05) is 13.7 Å². The Morgan fingerprint density at radius 1 is 1.00 bits per heavy atom. The zero-order valence-electron chi connectivity index (χ0n) is 21.4. The molecule has 1 aliphatic rings. The number of ether oxygens (including phenoxy) is 2. The van der Waals surface area contributed by atoms with Gasteiger partial charge in [-0.25, -0.2) is 22.9 Å². The quantitative estimate of drug-likeness (QED) is 0.207. The molecule has 1 atom stereocenters. The number of methoxy groups -OCH3 is 1. The first kappa shape index (κ1) is 27.2. The van der Waals surface area contributed by atoms with Crippen LogP contribution in [0.1, 0.15) is 54.1 Å². The Kier molecular flexibility index (Phi) is 8.23. The van der Waals surface area contributed by atoms with Gasteiger partial charge < -0.3 is 14.0 Å². The first-order valence-electron chi connectivity index (χ1n) is 12.9. The van der Waals surface area contributed by atoms with E-state index in [1.54, 1.807) is 12.1 Å². The Labute approximate surface area is 229 Å². The molecule has 5 nitrogen and oxygen atoms in total. The number of imidazole rings is 1. The van der Waals surface area contributed by atoms with Gasteiger partial charge in [-0.2, -0.15) is 0 Å². The maximum atomic E-state index is 14.7. The van der Waals surface area contributed by atoms with Crippen LogP contribution in [0.3, 0.4) is 0 Å². The Morgan fingerprint density at radius 3 is 2.41 bits per heavy atom. The van der Waals surface area contributed by atoms with E-state index >= 15 is 0 Å². The van der Waals surface area contributed by atoms with Crippen LogP contribution in [-0.4, -0.2) is 29.2 Å². The summed E-state index contributed by atoms with van der Waals surface area (Å²) in [4.78, 5) is 16.4. The van der Waals surface area contributed by atoms with E-state index in [2.05, 4.69) is 4.74 Å². The van der Waals surface area contributed by atoms with Crippen molar-refractivity contribution in [1.29, 1.82) is 0 Å². The highest BCUT2D eigenvalue weighted by Gasteiger charge is 2.30. The lowest BCUT2D eigenvalue weighted by molar-refractivity contribution is 0.0594. The predicted molar refractivity (Wildman–Crippen MR) is 143 cm³/mol. The molecule has 39 heavy (non-hydrogen) atoms. The van der Waals surface area contributed by atoms with Crippen molar-refractivity contribution >= 4 is 28.6 Å². The van der Waals surface area contributed by atoms with Gasteiger partial charge in [0.2, 0.25) is 0 Å². The SMILES string of the molecule is COC(=O)c1ccc(COCC(C2CCCCC2)n2c(-c3ccc(Cl)cc3)nc3cc(F)c(F)cc32)c(F)c1. The van der Waals surface area contributed by atoms with Crippen LogP contribution >= 0.6 is 11.6 Å². The Bertz CT molecular complexity index is 1480. The lowest BCUT2D eigenvalue weighted by Gasteiger charge is -2.32. The number of nitrogens with zero attached hydrogens (tertiary/aromatic N) is 2. The van der Waals surface area contributed by atoms with Crippen LogP contribution in [0.25, 0.3) is 22.4 Å². The smallest absolute Gasteiger partial charge is 0.337 e. The van der Waals surface area contributed by atoms with Crippen LogP contribution in [-0.2, 0) is 16.1 Å². The molecule has 1 saturated carbocycles. The van der Waals surface area contributed by atoms with Crippen LogP contribution in [0.15, 0.2) is 54.6 Å². The standard InChI is InChI=1S/C30H28ClF3N2O3/c1-38-30(37)20-7-8-21(23(32)13-20)16-39-17-28(18-5-3-2-4-6-18)36-27-15-25(34)24(33)14-26(27)35-29(36)19-9-11-22(31)12-10-19/h7-15,18,28H,2-6,16-17H2,1H3. The lowest BCUT2D eigenvalue weighted by Crippen LogP contribution is -2.27. The van der Waals surface area contributed by atoms with Gasteiger partial charge in [-0.3, -0.25) is 0 Å². The molecular formula is C30H28ClF3N2O3. The van der Waals surface area contributed by atoms with Crippen LogP contribution in [0, 0.1) is 23.4 Å². The number of esters is 1. The minimum absolute atomic E-state index is 0.0254. The van der Waals surface area contributed by atoms with Gasteiger partial charge in [0.25, 0.3) is 0 Å². The molecule has 0 aliphatic heterocycles. The molecule has 0 amide bonds.